The standard InChI is InChI=1S/C40H44N2O8/c1-27(43)49-38-37(47-25-29-15-6-3-7-16-29)36(46-24-28-13-4-2-5-14-28)35(23-41)50-39(38)45-22-12-21-42-40(44)48-26-34-32-19-10-8-17-30(32)31-18-9-11-20-33(31)34/h2-11,13-20,34-39H,12,21-26,41H2,1H3,(H,42,44)/t35-,36-,37+,38+,39+/m1/s1. The number of carbonyl (C=O) groups excluding carboxylic acids is 2. The van der Waals surface area contributed by atoms with Crippen molar-refractivity contribution in [1.82, 2.24) is 5.32 Å². The zero-order valence-corrected chi connectivity index (χ0v) is 28.1. The van der Waals surface area contributed by atoms with Crippen LogP contribution in [0.15, 0.2) is 109 Å². The van der Waals surface area contributed by atoms with Gasteiger partial charge in [-0.2, -0.15) is 0 Å². The third-order valence-electron chi connectivity index (χ3n) is 8.91. The number of hydrogen-bond acceptors (Lipinski definition) is 9. The lowest BCUT2D eigenvalue weighted by molar-refractivity contribution is -0.313. The molecule has 0 saturated carbocycles. The number of nitrogens with two attached hydrogens (primary N) is 1. The number of rotatable bonds is 15. The smallest absolute Gasteiger partial charge is 0.407 e. The van der Waals surface area contributed by atoms with Gasteiger partial charge in [0.2, 0.25) is 0 Å². The third kappa shape index (κ3) is 8.76. The maximum atomic E-state index is 12.7. The molecular formula is C40H44N2O8. The van der Waals surface area contributed by atoms with Crippen molar-refractivity contribution in [1.29, 1.82) is 0 Å². The zero-order chi connectivity index (χ0) is 34.7. The topological polar surface area (TPSA) is 128 Å². The summed E-state index contributed by atoms with van der Waals surface area (Å²) in [5.41, 5.74) is 12.8. The number of fused-ring (bicyclic) bond motifs is 3. The first-order chi connectivity index (χ1) is 24.5. The van der Waals surface area contributed by atoms with Crippen molar-refractivity contribution in [2.75, 3.05) is 26.3 Å². The van der Waals surface area contributed by atoms with Gasteiger partial charge < -0.3 is 39.5 Å². The molecule has 10 heteroatoms. The van der Waals surface area contributed by atoms with Crippen LogP contribution in [0.2, 0.25) is 0 Å². The van der Waals surface area contributed by atoms with E-state index in [-0.39, 0.29) is 38.9 Å². The van der Waals surface area contributed by atoms with Crippen LogP contribution >= 0.6 is 0 Å². The first kappa shape index (κ1) is 35.3. The minimum atomic E-state index is -0.973. The molecule has 0 aromatic heterocycles. The molecule has 3 N–H and O–H groups in total. The highest BCUT2D eigenvalue weighted by molar-refractivity contribution is 5.79. The molecule has 1 aliphatic carbocycles. The summed E-state index contributed by atoms with van der Waals surface area (Å²) in [6.07, 6.45) is -3.95. The van der Waals surface area contributed by atoms with Crippen LogP contribution in [-0.4, -0.2) is 69.1 Å². The van der Waals surface area contributed by atoms with Gasteiger partial charge in [0.1, 0.15) is 24.9 Å². The molecule has 4 aromatic carbocycles. The molecule has 0 unspecified atom stereocenters. The van der Waals surface area contributed by atoms with Gasteiger partial charge in [-0.25, -0.2) is 4.79 Å². The summed E-state index contributed by atoms with van der Waals surface area (Å²) >= 11 is 0. The number of benzene rings is 4. The summed E-state index contributed by atoms with van der Waals surface area (Å²) in [5, 5.41) is 2.81. The maximum Gasteiger partial charge on any atom is 0.407 e. The Labute approximate surface area is 292 Å². The number of nitrogens with one attached hydrogen (secondary N) is 1. The summed E-state index contributed by atoms with van der Waals surface area (Å²) in [6, 6.07) is 35.9. The fraction of sp³-hybridized carbons (Fsp3) is 0.350. The van der Waals surface area contributed by atoms with Crippen molar-refractivity contribution in [2.24, 2.45) is 5.73 Å². The van der Waals surface area contributed by atoms with Gasteiger partial charge in [-0.3, -0.25) is 4.79 Å². The van der Waals surface area contributed by atoms with E-state index in [0.29, 0.717) is 13.0 Å². The second-order valence-corrected chi connectivity index (χ2v) is 12.4. The number of alkyl carbamates (subject to hydrolysis) is 1. The first-order valence-electron chi connectivity index (χ1n) is 17.1. The van der Waals surface area contributed by atoms with Crippen LogP contribution < -0.4 is 11.1 Å². The van der Waals surface area contributed by atoms with E-state index in [1.54, 1.807) is 0 Å². The average Bonchev–Trinajstić information content (AvgIpc) is 3.47. The van der Waals surface area contributed by atoms with Crippen molar-refractivity contribution in [2.45, 2.75) is 63.2 Å². The highest BCUT2D eigenvalue weighted by atomic mass is 16.7. The monoisotopic (exact) mass is 680 g/mol. The number of amides is 1. The van der Waals surface area contributed by atoms with Crippen LogP contribution in [0.5, 0.6) is 0 Å². The van der Waals surface area contributed by atoms with Crippen molar-refractivity contribution in [3.8, 4) is 11.1 Å². The summed E-state index contributed by atoms with van der Waals surface area (Å²) < 4.78 is 36.6. The molecule has 2 aliphatic rings. The second kappa shape index (κ2) is 17.4. The molecule has 1 heterocycles. The largest absolute Gasteiger partial charge is 0.454 e. The predicted octanol–water partition coefficient (Wildman–Crippen LogP) is 5.72. The van der Waals surface area contributed by atoms with Crippen LogP contribution in [0, 0.1) is 0 Å². The molecule has 10 nitrogen and oxygen atoms in total. The molecule has 4 aromatic rings. The Hall–Kier alpha value is -4.58. The highest BCUT2D eigenvalue weighted by Crippen LogP contribution is 2.44. The van der Waals surface area contributed by atoms with Crippen LogP contribution in [0.3, 0.4) is 0 Å². The molecule has 1 amide bonds. The van der Waals surface area contributed by atoms with Crippen LogP contribution in [-0.2, 0) is 46.4 Å². The first-order valence-corrected chi connectivity index (χ1v) is 17.1. The van der Waals surface area contributed by atoms with Crippen molar-refractivity contribution >= 4 is 12.1 Å². The van der Waals surface area contributed by atoms with E-state index in [1.807, 2.05) is 84.9 Å². The van der Waals surface area contributed by atoms with Gasteiger partial charge in [-0.1, -0.05) is 109 Å². The molecule has 0 spiro atoms. The average molecular weight is 681 g/mol. The SMILES string of the molecule is CC(=O)O[C@@H]1[C@@H](OCCCNC(=O)OCC2c3ccccc3-c3ccccc32)O[C@H](CN)[C@@H](OCc2ccccc2)[C@@H]1OCc1ccccc1. The molecule has 1 aliphatic heterocycles. The van der Waals surface area contributed by atoms with Gasteiger partial charge in [0.25, 0.3) is 0 Å². The van der Waals surface area contributed by atoms with Crippen molar-refractivity contribution in [3.05, 3.63) is 131 Å². The Balaban J connectivity index is 1.05. The van der Waals surface area contributed by atoms with Gasteiger partial charge >= 0.3 is 12.1 Å². The summed E-state index contributed by atoms with van der Waals surface area (Å²) in [7, 11) is 0. The van der Waals surface area contributed by atoms with E-state index in [2.05, 4.69) is 29.6 Å². The Bertz CT molecular complexity index is 1640. The fourth-order valence-corrected chi connectivity index (χ4v) is 6.56. The molecule has 262 valence electrons. The van der Waals surface area contributed by atoms with E-state index in [0.717, 1.165) is 22.3 Å². The highest BCUT2D eigenvalue weighted by Gasteiger charge is 2.49. The van der Waals surface area contributed by atoms with Crippen molar-refractivity contribution in [3.63, 3.8) is 0 Å². The van der Waals surface area contributed by atoms with Gasteiger partial charge in [0, 0.05) is 25.9 Å². The van der Waals surface area contributed by atoms with E-state index >= 15 is 0 Å². The van der Waals surface area contributed by atoms with E-state index in [1.165, 1.54) is 18.1 Å². The molecule has 50 heavy (non-hydrogen) atoms. The third-order valence-corrected chi connectivity index (χ3v) is 8.91. The molecule has 6 rings (SSSR count). The Morgan fingerprint density at radius 2 is 1.28 bits per heavy atom. The summed E-state index contributed by atoms with van der Waals surface area (Å²) in [6.45, 7) is 2.73. The molecular weight excluding hydrogens is 636 g/mol. The van der Waals surface area contributed by atoms with E-state index in [9.17, 15) is 9.59 Å². The lowest BCUT2D eigenvalue weighted by Crippen LogP contribution is -2.62. The van der Waals surface area contributed by atoms with Gasteiger partial charge in [-0.15, -0.1) is 0 Å². The second-order valence-electron chi connectivity index (χ2n) is 12.4. The zero-order valence-electron chi connectivity index (χ0n) is 28.1. The maximum absolute atomic E-state index is 12.7. The summed E-state index contributed by atoms with van der Waals surface area (Å²) in [5.74, 6) is -0.531. The van der Waals surface area contributed by atoms with E-state index in [4.69, 9.17) is 34.2 Å². The minimum absolute atomic E-state index is 0.0220. The fourth-order valence-electron chi connectivity index (χ4n) is 6.56. The molecule has 0 bridgehead atoms. The molecule has 1 saturated heterocycles. The number of ether oxygens (including phenoxy) is 6. The molecule has 5 atom stereocenters. The number of carbonyl (C=O) groups is 2. The van der Waals surface area contributed by atoms with Gasteiger partial charge in [-0.05, 0) is 39.8 Å². The Morgan fingerprint density at radius 1 is 0.720 bits per heavy atom. The number of hydrogen-bond donors (Lipinski definition) is 2. The predicted molar refractivity (Wildman–Crippen MR) is 187 cm³/mol. The Kier molecular flexibility index (Phi) is 12.3. The van der Waals surface area contributed by atoms with Crippen molar-refractivity contribution < 1.29 is 38.0 Å². The number of esters is 1. The quantitative estimate of drug-likeness (QED) is 0.120. The lowest BCUT2D eigenvalue weighted by atomic mass is 9.97. The van der Waals surface area contributed by atoms with E-state index < -0.39 is 42.8 Å². The van der Waals surface area contributed by atoms with Gasteiger partial charge in [0.15, 0.2) is 12.4 Å². The van der Waals surface area contributed by atoms with Crippen LogP contribution in [0.4, 0.5) is 4.79 Å². The van der Waals surface area contributed by atoms with Crippen LogP contribution in [0.25, 0.3) is 11.1 Å². The summed E-state index contributed by atoms with van der Waals surface area (Å²) in [4.78, 5) is 25.0. The Morgan fingerprint density at radius 3 is 1.86 bits per heavy atom. The molecule has 1 fully saturated rings. The normalized spacial score (nSPS) is 21.2. The molecule has 0 radical (unpaired) electrons. The minimum Gasteiger partial charge on any atom is -0.454 e. The lowest BCUT2D eigenvalue weighted by Gasteiger charge is -2.45. The van der Waals surface area contributed by atoms with Gasteiger partial charge in [0.05, 0.1) is 19.8 Å². The van der Waals surface area contributed by atoms with Crippen LogP contribution in [0.1, 0.15) is 41.5 Å².